The van der Waals surface area contributed by atoms with Crippen molar-refractivity contribution in [1.29, 1.82) is 0 Å². The summed E-state index contributed by atoms with van der Waals surface area (Å²) in [6.07, 6.45) is 3.04. The highest BCUT2D eigenvalue weighted by atomic mass is 32.2. The monoisotopic (exact) mass is 300 g/mol. The Morgan fingerprint density at radius 1 is 0.952 bits per heavy atom. The highest BCUT2D eigenvalue weighted by Gasteiger charge is 2.19. The summed E-state index contributed by atoms with van der Waals surface area (Å²) in [5.74, 6) is 0.249. The SMILES string of the molecule is Nc1ccc(S(=O)(=O)Nc2ccccn2)c2ncccc12. The van der Waals surface area contributed by atoms with E-state index in [1.807, 2.05) is 0 Å². The number of fused-ring (bicyclic) bond motifs is 1. The fraction of sp³-hybridized carbons (Fsp3) is 0. The number of anilines is 2. The maximum Gasteiger partial charge on any atom is 0.265 e. The molecule has 0 amide bonds. The van der Waals surface area contributed by atoms with Crippen molar-refractivity contribution in [1.82, 2.24) is 9.97 Å². The van der Waals surface area contributed by atoms with Gasteiger partial charge in [0.25, 0.3) is 10.0 Å². The van der Waals surface area contributed by atoms with E-state index in [9.17, 15) is 8.42 Å². The van der Waals surface area contributed by atoms with Crippen LogP contribution in [0.25, 0.3) is 10.9 Å². The zero-order valence-electron chi connectivity index (χ0n) is 10.9. The van der Waals surface area contributed by atoms with Crippen LogP contribution in [0.2, 0.25) is 0 Å². The molecule has 0 radical (unpaired) electrons. The third-order valence-corrected chi connectivity index (χ3v) is 4.35. The lowest BCUT2D eigenvalue weighted by Gasteiger charge is -2.10. The lowest BCUT2D eigenvalue weighted by molar-refractivity contribution is 0.601. The number of nitrogens with one attached hydrogen (secondary N) is 1. The van der Waals surface area contributed by atoms with Crippen molar-refractivity contribution in [3.05, 3.63) is 54.9 Å². The van der Waals surface area contributed by atoms with E-state index in [2.05, 4.69) is 14.7 Å². The molecule has 0 unspecified atom stereocenters. The molecule has 0 aliphatic heterocycles. The fourth-order valence-corrected chi connectivity index (χ4v) is 3.17. The molecule has 21 heavy (non-hydrogen) atoms. The zero-order chi connectivity index (χ0) is 14.9. The van der Waals surface area contributed by atoms with Gasteiger partial charge in [-0.1, -0.05) is 6.07 Å². The van der Waals surface area contributed by atoms with Crippen LogP contribution in [0.4, 0.5) is 11.5 Å². The number of hydrogen-bond acceptors (Lipinski definition) is 5. The molecule has 0 spiro atoms. The number of pyridine rings is 2. The maximum atomic E-state index is 12.5. The van der Waals surface area contributed by atoms with E-state index in [1.165, 1.54) is 18.5 Å². The molecule has 0 saturated heterocycles. The molecule has 0 saturated carbocycles. The minimum absolute atomic E-state index is 0.0675. The van der Waals surface area contributed by atoms with E-state index in [4.69, 9.17) is 5.73 Å². The van der Waals surface area contributed by atoms with Crippen LogP contribution in [0.5, 0.6) is 0 Å². The number of nitrogens with two attached hydrogens (primary N) is 1. The highest BCUT2D eigenvalue weighted by molar-refractivity contribution is 7.93. The Labute approximate surface area is 121 Å². The normalized spacial score (nSPS) is 11.4. The molecule has 6 nitrogen and oxygen atoms in total. The molecule has 0 aliphatic carbocycles. The summed E-state index contributed by atoms with van der Waals surface area (Å²) < 4.78 is 27.4. The second kappa shape index (κ2) is 5.02. The van der Waals surface area contributed by atoms with Gasteiger partial charge in [-0.05, 0) is 36.4 Å². The molecule has 0 fully saturated rings. The minimum atomic E-state index is -3.79. The van der Waals surface area contributed by atoms with E-state index >= 15 is 0 Å². The van der Waals surface area contributed by atoms with Crippen LogP contribution in [-0.4, -0.2) is 18.4 Å². The third-order valence-electron chi connectivity index (χ3n) is 2.96. The van der Waals surface area contributed by atoms with Crippen LogP contribution in [0.15, 0.2) is 59.8 Å². The number of rotatable bonds is 3. The topological polar surface area (TPSA) is 98.0 Å². The molecule has 3 rings (SSSR count). The van der Waals surface area contributed by atoms with Crippen LogP contribution in [0, 0.1) is 0 Å². The van der Waals surface area contributed by atoms with Crippen LogP contribution in [-0.2, 0) is 10.0 Å². The Bertz CT molecular complexity index is 895. The fourth-order valence-electron chi connectivity index (χ4n) is 2.00. The van der Waals surface area contributed by atoms with Crippen molar-refractivity contribution in [2.45, 2.75) is 4.90 Å². The third kappa shape index (κ3) is 2.50. The quantitative estimate of drug-likeness (QED) is 0.721. The Morgan fingerprint density at radius 2 is 1.76 bits per heavy atom. The van der Waals surface area contributed by atoms with Crippen LogP contribution < -0.4 is 10.5 Å². The van der Waals surface area contributed by atoms with Crippen molar-refractivity contribution in [2.75, 3.05) is 10.5 Å². The second-order valence-corrected chi connectivity index (χ2v) is 6.02. The van der Waals surface area contributed by atoms with E-state index < -0.39 is 10.0 Å². The standard InChI is InChI=1S/C14H12N4O2S/c15-11-6-7-12(14-10(11)4-3-9-17-14)21(19,20)18-13-5-1-2-8-16-13/h1-9H,15H2,(H,16,18). The van der Waals surface area contributed by atoms with E-state index in [0.29, 0.717) is 16.6 Å². The summed E-state index contributed by atoms with van der Waals surface area (Å²) >= 11 is 0. The molecular weight excluding hydrogens is 288 g/mol. The largest absolute Gasteiger partial charge is 0.398 e. The summed E-state index contributed by atoms with van der Waals surface area (Å²) in [6.45, 7) is 0. The van der Waals surface area contributed by atoms with Gasteiger partial charge in [-0.15, -0.1) is 0 Å². The number of sulfonamides is 1. The molecule has 3 N–H and O–H groups in total. The summed E-state index contributed by atoms with van der Waals surface area (Å²) in [5, 5.41) is 0.599. The van der Waals surface area contributed by atoms with E-state index in [1.54, 1.807) is 36.4 Å². The van der Waals surface area contributed by atoms with Crippen molar-refractivity contribution in [3.8, 4) is 0 Å². The van der Waals surface area contributed by atoms with Gasteiger partial charge in [-0.2, -0.15) is 0 Å². The molecular formula is C14H12N4O2S. The Hall–Kier alpha value is -2.67. The Morgan fingerprint density at radius 3 is 2.52 bits per heavy atom. The molecule has 3 aromatic rings. The van der Waals surface area contributed by atoms with Gasteiger partial charge < -0.3 is 5.73 Å². The minimum Gasteiger partial charge on any atom is -0.398 e. The Balaban J connectivity index is 2.14. The summed E-state index contributed by atoms with van der Waals surface area (Å²) in [5.41, 5.74) is 6.67. The van der Waals surface area contributed by atoms with Gasteiger partial charge in [0, 0.05) is 23.5 Å². The lowest BCUT2D eigenvalue weighted by atomic mass is 10.2. The molecule has 1 aromatic carbocycles. The van der Waals surface area contributed by atoms with Gasteiger partial charge >= 0.3 is 0 Å². The zero-order valence-corrected chi connectivity index (χ0v) is 11.7. The molecule has 7 heteroatoms. The first-order valence-electron chi connectivity index (χ1n) is 6.15. The average Bonchev–Trinajstić information content (AvgIpc) is 2.48. The number of nitrogens with zero attached hydrogens (tertiary/aromatic N) is 2. The predicted molar refractivity (Wildman–Crippen MR) is 81.2 cm³/mol. The molecule has 0 atom stereocenters. The van der Waals surface area contributed by atoms with Gasteiger partial charge in [0.05, 0.1) is 5.52 Å². The van der Waals surface area contributed by atoms with Crippen molar-refractivity contribution in [3.63, 3.8) is 0 Å². The van der Waals surface area contributed by atoms with Crippen LogP contribution in [0.3, 0.4) is 0 Å². The van der Waals surface area contributed by atoms with Crippen LogP contribution >= 0.6 is 0 Å². The maximum absolute atomic E-state index is 12.5. The van der Waals surface area contributed by atoms with Gasteiger partial charge in [0.1, 0.15) is 10.7 Å². The molecule has 0 bridgehead atoms. The predicted octanol–water partition coefficient (Wildman–Crippen LogP) is 2.01. The summed E-state index contributed by atoms with van der Waals surface area (Å²) in [4.78, 5) is 8.15. The highest BCUT2D eigenvalue weighted by Crippen LogP contribution is 2.26. The first-order valence-corrected chi connectivity index (χ1v) is 7.63. The van der Waals surface area contributed by atoms with Crippen molar-refractivity contribution >= 4 is 32.4 Å². The van der Waals surface area contributed by atoms with Gasteiger partial charge in [-0.25, -0.2) is 13.4 Å². The van der Waals surface area contributed by atoms with Gasteiger partial charge in [0.2, 0.25) is 0 Å². The number of benzene rings is 1. The second-order valence-electron chi connectivity index (χ2n) is 4.37. The van der Waals surface area contributed by atoms with Gasteiger partial charge in [-0.3, -0.25) is 9.71 Å². The summed E-state index contributed by atoms with van der Waals surface area (Å²) in [7, 11) is -3.79. The first-order chi connectivity index (χ1) is 10.1. The molecule has 0 aliphatic rings. The van der Waals surface area contributed by atoms with E-state index in [0.717, 1.165) is 0 Å². The van der Waals surface area contributed by atoms with Crippen LogP contribution in [0.1, 0.15) is 0 Å². The number of aromatic nitrogens is 2. The smallest absolute Gasteiger partial charge is 0.265 e. The van der Waals surface area contributed by atoms with Crippen molar-refractivity contribution in [2.24, 2.45) is 0 Å². The van der Waals surface area contributed by atoms with E-state index in [-0.39, 0.29) is 10.7 Å². The molecule has 2 aromatic heterocycles. The lowest BCUT2D eigenvalue weighted by Crippen LogP contribution is -2.14. The summed E-state index contributed by atoms with van der Waals surface area (Å²) in [6, 6.07) is 11.4. The first kappa shape index (κ1) is 13.3. The average molecular weight is 300 g/mol. The number of hydrogen-bond donors (Lipinski definition) is 2. The Kier molecular flexibility index (Phi) is 3.19. The number of nitrogen functional groups attached to an aromatic ring is 1. The van der Waals surface area contributed by atoms with Gasteiger partial charge in [0.15, 0.2) is 0 Å². The van der Waals surface area contributed by atoms with Crippen molar-refractivity contribution < 1.29 is 8.42 Å². The molecule has 2 heterocycles. The molecule has 106 valence electrons.